The molecule has 0 aromatic heterocycles. The van der Waals surface area contributed by atoms with Crippen LogP contribution in [-0.2, 0) is 0 Å². The molecule has 2 rings (SSSR count). The van der Waals surface area contributed by atoms with Crippen LogP contribution in [0.25, 0.3) is 0 Å². The molecule has 1 heterocycles. The summed E-state index contributed by atoms with van der Waals surface area (Å²) >= 11 is 0. The summed E-state index contributed by atoms with van der Waals surface area (Å²) in [5, 5.41) is 12.4. The zero-order chi connectivity index (χ0) is 9.26. The summed E-state index contributed by atoms with van der Waals surface area (Å²) in [5.41, 5.74) is 2.58. The topological polar surface area (TPSA) is 32.3 Å². The highest BCUT2D eigenvalue weighted by atomic mass is 16.3. The number of aliphatic hydroxyl groups excluding tert-OH is 1. The van der Waals surface area contributed by atoms with Crippen molar-refractivity contribution in [2.45, 2.75) is 12.8 Å². The molecule has 2 heteroatoms. The molecule has 2 atom stereocenters. The fourth-order valence-corrected chi connectivity index (χ4v) is 1.95. The molecule has 0 fully saturated rings. The lowest BCUT2D eigenvalue weighted by molar-refractivity contribution is 0.220. The highest BCUT2D eigenvalue weighted by Gasteiger charge is 2.25. The Bertz CT molecular complexity index is 298. The predicted octanol–water partition coefficient (Wildman–Crippen LogP) is 1.82. The molecule has 1 aliphatic heterocycles. The van der Waals surface area contributed by atoms with E-state index >= 15 is 0 Å². The van der Waals surface area contributed by atoms with Crippen molar-refractivity contribution in [2.75, 3.05) is 18.5 Å². The van der Waals surface area contributed by atoms with Gasteiger partial charge >= 0.3 is 0 Å². The normalized spacial score (nSPS) is 22.2. The van der Waals surface area contributed by atoms with E-state index in [0.29, 0.717) is 11.8 Å². The Morgan fingerprint density at radius 3 is 3.08 bits per heavy atom. The molecule has 1 aliphatic rings. The van der Waals surface area contributed by atoms with Crippen LogP contribution < -0.4 is 5.32 Å². The van der Waals surface area contributed by atoms with Crippen molar-refractivity contribution in [1.29, 1.82) is 0 Å². The van der Waals surface area contributed by atoms with Gasteiger partial charge in [-0.1, -0.05) is 25.1 Å². The van der Waals surface area contributed by atoms with Crippen molar-refractivity contribution < 1.29 is 5.11 Å². The van der Waals surface area contributed by atoms with Gasteiger partial charge in [0.1, 0.15) is 0 Å². The van der Waals surface area contributed by atoms with Gasteiger partial charge in [-0.25, -0.2) is 0 Å². The minimum Gasteiger partial charge on any atom is -0.396 e. The fraction of sp³-hybridized carbons (Fsp3) is 0.455. The van der Waals surface area contributed by atoms with Crippen LogP contribution in [0.2, 0.25) is 0 Å². The molecule has 0 aliphatic carbocycles. The minimum atomic E-state index is 0.265. The fourth-order valence-electron chi connectivity index (χ4n) is 1.95. The molecule has 0 radical (unpaired) electrons. The molecule has 0 saturated heterocycles. The summed E-state index contributed by atoms with van der Waals surface area (Å²) in [5.74, 6) is 0.817. The number of hydrogen-bond acceptors (Lipinski definition) is 2. The maximum atomic E-state index is 9.09. The molecule has 1 aromatic rings. The van der Waals surface area contributed by atoms with Crippen molar-refractivity contribution in [3.8, 4) is 0 Å². The van der Waals surface area contributed by atoms with Crippen molar-refractivity contribution in [3.63, 3.8) is 0 Å². The summed E-state index contributed by atoms with van der Waals surface area (Å²) in [7, 11) is 0. The number of fused-ring (bicyclic) bond motifs is 1. The van der Waals surface area contributed by atoms with Crippen LogP contribution in [0.5, 0.6) is 0 Å². The second-order valence-corrected chi connectivity index (χ2v) is 3.73. The maximum Gasteiger partial charge on any atom is 0.0463 e. The quantitative estimate of drug-likeness (QED) is 0.722. The summed E-state index contributed by atoms with van der Waals surface area (Å²) in [6.45, 7) is 3.32. The number of anilines is 1. The first kappa shape index (κ1) is 8.57. The third kappa shape index (κ3) is 1.42. The average molecular weight is 177 g/mol. The van der Waals surface area contributed by atoms with Gasteiger partial charge in [0, 0.05) is 24.8 Å². The summed E-state index contributed by atoms with van der Waals surface area (Å²) in [6.07, 6.45) is 0. The van der Waals surface area contributed by atoms with E-state index in [-0.39, 0.29) is 6.61 Å². The van der Waals surface area contributed by atoms with Crippen LogP contribution in [0.3, 0.4) is 0 Å². The van der Waals surface area contributed by atoms with Crippen molar-refractivity contribution in [2.24, 2.45) is 5.92 Å². The van der Waals surface area contributed by atoms with Crippen LogP contribution in [-0.4, -0.2) is 18.3 Å². The largest absolute Gasteiger partial charge is 0.396 e. The number of nitrogens with one attached hydrogen (secondary N) is 1. The van der Waals surface area contributed by atoms with Crippen LogP contribution in [0.15, 0.2) is 24.3 Å². The maximum absolute atomic E-state index is 9.09. The lowest BCUT2D eigenvalue weighted by atomic mass is 9.90. The number of para-hydroxylation sites is 1. The molecule has 0 spiro atoms. The third-order valence-corrected chi connectivity index (χ3v) is 2.85. The lowest BCUT2D eigenvalue weighted by Gasteiger charge is -2.16. The molecule has 2 N–H and O–H groups in total. The van der Waals surface area contributed by atoms with Gasteiger partial charge in [0.15, 0.2) is 0 Å². The highest BCUT2D eigenvalue weighted by molar-refractivity contribution is 5.57. The van der Waals surface area contributed by atoms with Gasteiger partial charge in [-0.2, -0.15) is 0 Å². The number of aliphatic hydroxyl groups is 1. The Morgan fingerprint density at radius 2 is 2.31 bits per heavy atom. The van der Waals surface area contributed by atoms with E-state index in [1.807, 2.05) is 6.07 Å². The third-order valence-electron chi connectivity index (χ3n) is 2.85. The Balaban J connectivity index is 2.28. The Kier molecular flexibility index (Phi) is 2.23. The monoisotopic (exact) mass is 177 g/mol. The van der Waals surface area contributed by atoms with Gasteiger partial charge < -0.3 is 10.4 Å². The molecule has 70 valence electrons. The zero-order valence-corrected chi connectivity index (χ0v) is 7.83. The molecule has 2 nitrogen and oxygen atoms in total. The molecule has 0 amide bonds. The standard InChI is InChI=1S/C11H15NO/c1-8(7-13)10-6-12-11-5-3-2-4-9(10)11/h2-5,8,10,12-13H,6-7H2,1H3. The Hall–Kier alpha value is -1.02. The average Bonchev–Trinajstić information content (AvgIpc) is 2.60. The van der Waals surface area contributed by atoms with Crippen LogP contribution in [0.4, 0.5) is 5.69 Å². The van der Waals surface area contributed by atoms with E-state index in [1.54, 1.807) is 0 Å². The SMILES string of the molecule is CC(CO)C1CNc2ccccc21. The number of hydrogen-bond donors (Lipinski definition) is 2. The van der Waals surface area contributed by atoms with Crippen LogP contribution in [0, 0.1) is 5.92 Å². The minimum absolute atomic E-state index is 0.265. The Labute approximate surface area is 78.6 Å². The van der Waals surface area contributed by atoms with Gasteiger partial charge in [0.05, 0.1) is 0 Å². The van der Waals surface area contributed by atoms with Gasteiger partial charge in [-0.3, -0.25) is 0 Å². The van der Waals surface area contributed by atoms with Crippen molar-refractivity contribution in [1.82, 2.24) is 0 Å². The van der Waals surface area contributed by atoms with Crippen LogP contribution >= 0.6 is 0 Å². The molecular formula is C11H15NO. The second-order valence-electron chi connectivity index (χ2n) is 3.73. The first-order valence-corrected chi connectivity index (χ1v) is 4.76. The van der Waals surface area contributed by atoms with E-state index in [4.69, 9.17) is 5.11 Å². The van der Waals surface area contributed by atoms with Gasteiger partial charge in [0.2, 0.25) is 0 Å². The Morgan fingerprint density at radius 1 is 1.54 bits per heavy atom. The van der Waals surface area contributed by atoms with Gasteiger partial charge in [-0.15, -0.1) is 0 Å². The molecular weight excluding hydrogens is 162 g/mol. The molecule has 13 heavy (non-hydrogen) atoms. The number of benzene rings is 1. The molecule has 2 unspecified atom stereocenters. The van der Waals surface area contributed by atoms with Gasteiger partial charge in [-0.05, 0) is 17.5 Å². The second kappa shape index (κ2) is 3.38. The van der Waals surface area contributed by atoms with Crippen LogP contribution in [0.1, 0.15) is 18.4 Å². The van der Waals surface area contributed by atoms with Gasteiger partial charge in [0.25, 0.3) is 0 Å². The highest BCUT2D eigenvalue weighted by Crippen LogP contribution is 2.35. The smallest absolute Gasteiger partial charge is 0.0463 e. The predicted molar refractivity (Wildman–Crippen MR) is 53.9 cm³/mol. The first-order chi connectivity index (χ1) is 6.33. The summed E-state index contributed by atoms with van der Waals surface area (Å²) in [6, 6.07) is 8.34. The van der Waals surface area contributed by atoms with E-state index in [2.05, 4.69) is 30.4 Å². The van der Waals surface area contributed by atoms with E-state index in [0.717, 1.165) is 6.54 Å². The lowest BCUT2D eigenvalue weighted by Crippen LogP contribution is -2.15. The van der Waals surface area contributed by atoms with E-state index in [1.165, 1.54) is 11.3 Å². The summed E-state index contributed by atoms with van der Waals surface area (Å²) < 4.78 is 0. The molecule has 1 aromatic carbocycles. The van der Waals surface area contributed by atoms with Crippen molar-refractivity contribution >= 4 is 5.69 Å². The zero-order valence-electron chi connectivity index (χ0n) is 7.83. The van der Waals surface area contributed by atoms with Crippen molar-refractivity contribution in [3.05, 3.63) is 29.8 Å². The number of rotatable bonds is 2. The summed E-state index contributed by atoms with van der Waals surface area (Å²) in [4.78, 5) is 0. The van der Waals surface area contributed by atoms with E-state index in [9.17, 15) is 0 Å². The first-order valence-electron chi connectivity index (χ1n) is 4.76. The molecule has 0 bridgehead atoms. The molecule has 0 saturated carbocycles. The van der Waals surface area contributed by atoms with E-state index < -0.39 is 0 Å².